The number of benzene rings is 1. The van der Waals surface area contributed by atoms with Crippen LogP contribution in [-0.4, -0.2) is 35.8 Å². The third kappa shape index (κ3) is 2.59. The average molecular weight is 362 g/mol. The quantitative estimate of drug-likeness (QED) is 0.856. The molecule has 7 nitrogen and oxygen atoms in total. The first-order valence-corrected chi connectivity index (χ1v) is 8.98. The van der Waals surface area contributed by atoms with Gasteiger partial charge in [-0.15, -0.1) is 0 Å². The summed E-state index contributed by atoms with van der Waals surface area (Å²) in [5.41, 5.74) is 5.62. The number of anilines is 1. The minimum Gasteiger partial charge on any atom is -0.492 e. The lowest BCUT2D eigenvalue weighted by atomic mass is 10.0. The van der Waals surface area contributed by atoms with Gasteiger partial charge in [0.1, 0.15) is 11.2 Å². The van der Waals surface area contributed by atoms with Crippen LogP contribution in [0.15, 0.2) is 15.7 Å². The summed E-state index contributed by atoms with van der Waals surface area (Å²) < 4.78 is 22.1. The van der Waals surface area contributed by atoms with Crippen LogP contribution in [0.4, 0.5) is 10.1 Å². The van der Waals surface area contributed by atoms with Gasteiger partial charge in [0.2, 0.25) is 0 Å². The van der Waals surface area contributed by atoms with Gasteiger partial charge >= 0.3 is 5.69 Å². The Bertz CT molecular complexity index is 977. The van der Waals surface area contributed by atoms with Crippen LogP contribution in [-0.2, 0) is 0 Å². The summed E-state index contributed by atoms with van der Waals surface area (Å²) in [4.78, 5) is 28.9. The van der Waals surface area contributed by atoms with Crippen LogP contribution in [0.5, 0.6) is 5.75 Å². The van der Waals surface area contributed by atoms with Gasteiger partial charge in [-0.3, -0.25) is 14.3 Å². The zero-order valence-corrected chi connectivity index (χ0v) is 14.9. The van der Waals surface area contributed by atoms with Crippen molar-refractivity contribution in [1.82, 2.24) is 9.55 Å². The predicted molar refractivity (Wildman–Crippen MR) is 97.6 cm³/mol. The summed E-state index contributed by atoms with van der Waals surface area (Å²) in [7, 11) is 1.44. The highest BCUT2D eigenvalue weighted by Crippen LogP contribution is 2.43. The van der Waals surface area contributed by atoms with Crippen molar-refractivity contribution >= 4 is 16.6 Å². The van der Waals surface area contributed by atoms with Crippen molar-refractivity contribution in [3.05, 3.63) is 32.7 Å². The van der Waals surface area contributed by atoms with E-state index >= 15 is 0 Å². The Hall–Kier alpha value is -2.35. The zero-order chi connectivity index (χ0) is 18.6. The van der Waals surface area contributed by atoms with E-state index in [2.05, 4.69) is 4.98 Å². The van der Waals surface area contributed by atoms with E-state index in [1.165, 1.54) is 17.7 Å². The van der Waals surface area contributed by atoms with Crippen LogP contribution < -0.4 is 26.6 Å². The molecule has 26 heavy (non-hydrogen) atoms. The highest BCUT2D eigenvalue weighted by Gasteiger charge is 2.33. The number of nitrogens with one attached hydrogen (secondary N) is 1. The number of aromatic amines is 1. The van der Waals surface area contributed by atoms with E-state index < -0.39 is 17.1 Å². The van der Waals surface area contributed by atoms with Gasteiger partial charge in [0.15, 0.2) is 11.6 Å². The molecule has 2 fully saturated rings. The van der Waals surface area contributed by atoms with Crippen LogP contribution >= 0.6 is 0 Å². The first-order chi connectivity index (χ1) is 12.4. The number of H-pyrrole nitrogens is 1. The highest BCUT2D eigenvalue weighted by atomic mass is 19.1. The number of fused-ring (bicyclic) bond motifs is 1. The van der Waals surface area contributed by atoms with Crippen molar-refractivity contribution in [3.8, 4) is 5.75 Å². The van der Waals surface area contributed by atoms with E-state index in [1.807, 2.05) is 11.8 Å². The second-order valence-corrected chi connectivity index (χ2v) is 7.35. The van der Waals surface area contributed by atoms with Crippen LogP contribution in [0.25, 0.3) is 10.9 Å². The maximum absolute atomic E-state index is 15.0. The Labute approximate surface area is 149 Å². The van der Waals surface area contributed by atoms with Gasteiger partial charge < -0.3 is 15.4 Å². The maximum atomic E-state index is 15.0. The molecule has 0 amide bonds. The second-order valence-electron chi connectivity index (χ2n) is 7.35. The van der Waals surface area contributed by atoms with E-state index in [0.29, 0.717) is 24.3 Å². The van der Waals surface area contributed by atoms with E-state index in [-0.39, 0.29) is 29.1 Å². The average Bonchev–Trinajstić information content (AvgIpc) is 3.29. The molecule has 1 aromatic heterocycles. The third-order valence-corrected chi connectivity index (χ3v) is 5.51. The van der Waals surface area contributed by atoms with Crippen LogP contribution in [0, 0.1) is 11.7 Å². The van der Waals surface area contributed by atoms with Crippen LogP contribution in [0.2, 0.25) is 0 Å². The first-order valence-electron chi connectivity index (χ1n) is 8.98. The van der Waals surface area contributed by atoms with Gasteiger partial charge in [0, 0.05) is 25.2 Å². The smallest absolute Gasteiger partial charge is 0.329 e. The molecule has 8 heteroatoms. The molecule has 1 saturated carbocycles. The lowest BCUT2D eigenvalue weighted by molar-refractivity contribution is 0.412. The van der Waals surface area contributed by atoms with Crippen molar-refractivity contribution in [2.45, 2.75) is 38.3 Å². The van der Waals surface area contributed by atoms with Crippen LogP contribution in [0.3, 0.4) is 0 Å². The molecule has 1 aliphatic heterocycles. The van der Waals surface area contributed by atoms with Gasteiger partial charge in [0.25, 0.3) is 5.56 Å². The number of nitrogens with two attached hydrogens (primary N) is 1. The molecule has 0 bridgehead atoms. The number of aromatic nitrogens is 2. The molecule has 2 heterocycles. The van der Waals surface area contributed by atoms with E-state index in [0.717, 1.165) is 19.3 Å². The van der Waals surface area contributed by atoms with Gasteiger partial charge in [-0.25, -0.2) is 9.18 Å². The molecule has 1 saturated heterocycles. The SMILES string of the molecule is COc1c(N2CCC(C(C)N)C2)c(F)cc2c(=O)[nH]c(=O)n(C3CC3)c12. The Kier molecular flexibility index (Phi) is 4.02. The number of hydrogen-bond donors (Lipinski definition) is 2. The maximum Gasteiger partial charge on any atom is 0.329 e. The topological polar surface area (TPSA) is 93.3 Å². The third-order valence-electron chi connectivity index (χ3n) is 5.51. The normalized spacial score (nSPS) is 21.4. The van der Waals surface area contributed by atoms with Crippen molar-refractivity contribution in [1.29, 1.82) is 0 Å². The fraction of sp³-hybridized carbons (Fsp3) is 0.556. The minimum absolute atomic E-state index is 0.0157. The summed E-state index contributed by atoms with van der Waals surface area (Å²) in [5.74, 6) is -0.00815. The molecule has 140 valence electrons. The summed E-state index contributed by atoms with van der Waals surface area (Å²) in [6.07, 6.45) is 2.57. The molecule has 2 atom stereocenters. The Morgan fingerprint density at radius 3 is 2.65 bits per heavy atom. The van der Waals surface area contributed by atoms with Gasteiger partial charge in [-0.05, 0) is 38.2 Å². The van der Waals surface area contributed by atoms with Gasteiger partial charge in [-0.2, -0.15) is 0 Å². The molecule has 1 aliphatic carbocycles. The second kappa shape index (κ2) is 6.12. The lowest BCUT2D eigenvalue weighted by Gasteiger charge is -2.24. The molecule has 1 aromatic carbocycles. The number of ether oxygens (including phenoxy) is 1. The van der Waals surface area contributed by atoms with E-state index in [4.69, 9.17) is 10.5 Å². The summed E-state index contributed by atoms with van der Waals surface area (Å²) in [6, 6.07) is 1.25. The fourth-order valence-corrected chi connectivity index (χ4v) is 3.93. The highest BCUT2D eigenvalue weighted by molar-refractivity contribution is 5.91. The van der Waals surface area contributed by atoms with Crippen molar-refractivity contribution in [3.63, 3.8) is 0 Å². The molecule has 3 N–H and O–H groups in total. The monoisotopic (exact) mass is 362 g/mol. The Balaban J connectivity index is 1.97. The number of halogens is 1. The summed E-state index contributed by atoms with van der Waals surface area (Å²) in [6.45, 7) is 3.22. The number of rotatable bonds is 4. The van der Waals surface area contributed by atoms with E-state index in [1.54, 1.807) is 0 Å². The Morgan fingerprint density at radius 1 is 1.35 bits per heavy atom. The number of nitrogens with zero attached hydrogens (tertiary/aromatic N) is 2. The molecular weight excluding hydrogens is 339 g/mol. The van der Waals surface area contributed by atoms with Crippen molar-refractivity contribution in [2.24, 2.45) is 11.7 Å². The fourth-order valence-electron chi connectivity index (χ4n) is 3.93. The molecule has 0 spiro atoms. The van der Waals surface area contributed by atoms with Gasteiger partial charge in [0.05, 0.1) is 12.5 Å². The van der Waals surface area contributed by atoms with Crippen LogP contribution in [0.1, 0.15) is 32.2 Å². The number of hydrogen-bond acceptors (Lipinski definition) is 5. The largest absolute Gasteiger partial charge is 0.492 e. The molecule has 2 aliphatic rings. The molecule has 2 unspecified atom stereocenters. The predicted octanol–water partition coefficient (Wildman–Crippen LogP) is 1.35. The molecule has 2 aromatic rings. The van der Waals surface area contributed by atoms with Crippen molar-refractivity contribution < 1.29 is 9.13 Å². The summed E-state index contributed by atoms with van der Waals surface area (Å²) in [5, 5.41) is 0.137. The lowest BCUT2D eigenvalue weighted by Crippen LogP contribution is -2.32. The zero-order valence-electron chi connectivity index (χ0n) is 14.9. The molecular formula is C18H23FN4O3. The Morgan fingerprint density at radius 2 is 2.08 bits per heavy atom. The van der Waals surface area contributed by atoms with Crippen molar-refractivity contribution in [2.75, 3.05) is 25.1 Å². The first kappa shape index (κ1) is 17.1. The number of methoxy groups -OCH3 is 1. The minimum atomic E-state index is -0.597. The molecule has 0 radical (unpaired) electrons. The summed E-state index contributed by atoms with van der Waals surface area (Å²) >= 11 is 0. The standard InChI is InChI=1S/C18H23FN4O3/c1-9(20)10-5-6-22(8-10)15-13(19)7-12-14(16(15)26-2)23(11-3-4-11)18(25)21-17(12)24/h7,9-11H,3-6,8,20H2,1-2H3,(H,21,24,25). The van der Waals surface area contributed by atoms with E-state index in [9.17, 15) is 14.0 Å². The van der Waals surface area contributed by atoms with Gasteiger partial charge in [-0.1, -0.05) is 0 Å². The molecule has 4 rings (SSSR count).